The summed E-state index contributed by atoms with van der Waals surface area (Å²) in [5, 5.41) is 13.7. The highest BCUT2D eigenvalue weighted by atomic mass is 16.3. The van der Waals surface area contributed by atoms with Crippen molar-refractivity contribution in [3.05, 3.63) is 194 Å². The van der Waals surface area contributed by atoms with Gasteiger partial charge in [0.2, 0.25) is 0 Å². The van der Waals surface area contributed by atoms with Gasteiger partial charge in [0.15, 0.2) is 17.5 Å². The second-order valence-electron chi connectivity index (χ2n) is 15.6. The molecule has 0 radical (unpaired) electrons. The Labute approximate surface area is 343 Å². The number of benzene rings is 10. The van der Waals surface area contributed by atoms with Crippen LogP contribution in [0.3, 0.4) is 0 Å². The smallest absolute Gasteiger partial charge is 0.166 e. The molecule has 0 amide bonds. The fourth-order valence-electron chi connectivity index (χ4n) is 9.33. The molecule has 0 atom stereocenters. The van der Waals surface area contributed by atoms with Crippen LogP contribution in [0.5, 0.6) is 0 Å². The maximum atomic E-state index is 6.82. The largest absolute Gasteiger partial charge is 0.456 e. The van der Waals surface area contributed by atoms with E-state index in [0.717, 1.165) is 76.9 Å². The molecule has 0 unspecified atom stereocenters. The Balaban J connectivity index is 1.21. The van der Waals surface area contributed by atoms with Crippen LogP contribution >= 0.6 is 0 Å². The van der Waals surface area contributed by atoms with E-state index in [4.69, 9.17) is 19.4 Å². The number of fused-ring (bicyclic) bond motifs is 11. The Morgan fingerprint density at radius 3 is 1.68 bits per heavy atom. The van der Waals surface area contributed by atoms with Crippen molar-refractivity contribution in [2.45, 2.75) is 0 Å². The van der Waals surface area contributed by atoms with Crippen molar-refractivity contribution in [2.24, 2.45) is 0 Å². The van der Waals surface area contributed by atoms with Crippen molar-refractivity contribution in [3.63, 3.8) is 0 Å². The first-order chi connectivity index (χ1) is 29.7. The van der Waals surface area contributed by atoms with Crippen molar-refractivity contribution in [1.29, 1.82) is 0 Å². The van der Waals surface area contributed by atoms with Crippen molar-refractivity contribution < 1.29 is 4.42 Å². The molecule has 3 heterocycles. The number of furan rings is 1. The molecule has 0 saturated carbocycles. The number of nitrogens with zero attached hydrogens (tertiary/aromatic N) is 4. The van der Waals surface area contributed by atoms with Gasteiger partial charge >= 0.3 is 0 Å². The molecular weight excluding hydrogens is 733 g/mol. The van der Waals surface area contributed by atoms with Crippen LogP contribution < -0.4 is 0 Å². The molecule has 3 aromatic heterocycles. The van der Waals surface area contributed by atoms with Gasteiger partial charge in [0.05, 0.1) is 22.1 Å². The molecule has 13 rings (SSSR count). The van der Waals surface area contributed by atoms with E-state index in [-0.39, 0.29) is 0 Å². The fraction of sp³-hybridized carbons (Fsp3) is 0. The molecule has 0 saturated heterocycles. The summed E-state index contributed by atoms with van der Waals surface area (Å²) in [7, 11) is 0. The molecule has 60 heavy (non-hydrogen) atoms. The first-order valence-electron chi connectivity index (χ1n) is 20.3. The minimum Gasteiger partial charge on any atom is -0.456 e. The lowest BCUT2D eigenvalue weighted by molar-refractivity contribution is 0.669. The summed E-state index contributed by atoms with van der Waals surface area (Å²) in [5.74, 6) is 1.80. The van der Waals surface area contributed by atoms with Gasteiger partial charge in [0.1, 0.15) is 11.2 Å². The van der Waals surface area contributed by atoms with Crippen LogP contribution in [0.4, 0.5) is 0 Å². The van der Waals surface area contributed by atoms with Gasteiger partial charge in [0, 0.05) is 32.8 Å². The second kappa shape index (κ2) is 12.7. The Morgan fingerprint density at radius 1 is 0.333 bits per heavy atom. The van der Waals surface area contributed by atoms with E-state index < -0.39 is 0 Å². The van der Waals surface area contributed by atoms with Crippen LogP contribution in [-0.4, -0.2) is 19.5 Å². The quantitative estimate of drug-likeness (QED) is 0.179. The van der Waals surface area contributed by atoms with E-state index in [2.05, 4.69) is 180 Å². The molecule has 0 aliphatic carbocycles. The number of hydrogen-bond acceptors (Lipinski definition) is 4. The highest BCUT2D eigenvalue weighted by Gasteiger charge is 2.25. The van der Waals surface area contributed by atoms with Gasteiger partial charge in [-0.3, -0.25) is 0 Å². The molecule has 5 nitrogen and oxygen atoms in total. The lowest BCUT2D eigenvalue weighted by atomic mass is 10.0. The van der Waals surface area contributed by atoms with Crippen LogP contribution in [0.1, 0.15) is 0 Å². The van der Waals surface area contributed by atoms with E-state index in [0.29, 0.717) is 17.5 Å². The van der Waals surface area contributed by atoms with Gasteiger partial charge in [0.25, 0.3) is 0 Å². The Kier molecular flexibility index (Phi) is 6.95. The van der Waals surface area contributed by atoms with Gasteiger partial charge in [-0.1, -0.05) is 146 Å². The van der Waals surface area contributed by atoms with Crippen LogP contribution in [0, 0.1) is 0 Å². The zero-order chi connectivity index (χ0) is 39.3. The van der Waals surface area contributed by atoms with Crippen molar-refractivity contribution >= 4 is 86.8 Å². The lowest BCUT2D eigenvalue weighted by Gasteiger charge is -2.16. The monoisotopic (exact) mass is 764 g/mol. The summed E-state index contributed by atoms with van der Waals surface area (Å²) in [4.78, 5) is 15.9. The average molecular weight is 765 g/mol. The molecule has 278 valence electrons. The van der Waals surface area contributed by atoms with Crippen molar-refractivity contribution in [3.8, 4) is 39.9 Å². The molecule has 0 aliphatic rings. The summed E-state index contributed by atoms with van der Waals surface area (Å²) < 4.78 is 9.25. The van der Waals surface area contributed by atoms with Gasteiger partial charge in [-0.15, -0.1) is 0 Å². The van der Waals surface area contributed by atoms with Crippen molar-refractivity contribution in [2.75, 3.05) is 0 Å². The van der Waals surface area contributed by atoms with Gasteiger partial charge < -0.3 is 8.98 Å². The zero-order valence-electron chi connectivity index (χ0n) is 32.2. The highest BCUT2D eigenvalue weighted by molar-refractivity contribution is 6.25. The molecule has 0 spiro atoms. The topological polar surface area (TPSA) is 56.7 Å². The number of aromatic nitrogens is 4. The third-order valence-electron chi connectivity index (χ3n) is 12.1. The summed E-state index contributed by atoms with van der Waals surface area (Å²) in [6, 6.07) is 68.7. The summed E-state index contributed by atoms with van der Waals surface area (Å²) in [6.45, 7) is 0. The first kappa shape index (κ1) is 32.9. The van der Waals surface area contributed by atoms with E-state index in [1.807, 2.05) is 18.2 Å². The van der Waals surface area contributed by atoms with Crippen LogP contribution in [0.15, 0.2) is 199 Å². The molecule has 0 fully saturated rings. The minimum absolute atomic E-state index is 0.579. The maximum absolute atomic E-state index is 6.82. The number of rotatable bonds is 4. The summed E-state index contributed by atoms with van der Waals surface area (Å²) in [5.41, 5.74) is 7.49. The first-order valence-corrected chi connectivity index (χ1v) is 20.3. The van der Waals surface area contributed by atoms with Crippen molar-refractivity contribution in [1.82, 2.24) is 19.5 Å². The van der Waals surface area contributed by atoms with Gasteiger partial charge in [-0.25, -0.2) is 15.0 Å². The van der Waals surface area contributed by atoms with Crippen LogP contribution in [-0.2, 0) is 0 Å². The molecular formula is C55H32N4O. The standard InChI is InChI=1S/C55H32N4O/c1-2-14-35(15-3-1)53-56-54(41-23-22-33-12-4-5-16-36(33)28-41)58-55(57-53)43-25-27-48-51(45-30-38-18-7-9-20-40(38)32-49(45)60-48)52(43)59-46-26-24-34-13-10-11-21-42(34)50(46)44-29-37-17-6-8-19-39(37)31-47(44)59/h1-32H. The van der Waals surface area contributed by atoms with E-state index in [1.165, 1.54) is 32.3 Å². The van der Waals surface area contributed by atoms with E-state index >= 15 is 0 Å². The van der Waals surface area contributed by atoms with E-state index in [1.54, 1.807) is 0 Å². The SMILES string of the molecule is c1ccc(-c2nc(-c3ccc4ccccc4c3)nc(-c3ccc4oc5cc6ccccc6cc5c4c3-n3c4cc5ccccc5cc4c4c5ccccc5ccc43)n2)cc1. The van der Waals surface area contributed by atoms with Gasteiger partial charge in [-0.2, -0.15) is 0 Å². The molecule has 0 aliphatic heterocycles. The molecule has 10 aromatic carbocycles. The molecule has 13 aromatic rings. The molecule has 5 heteroatoms. The summed E-state index contributed by atoms with van der Waals surface area (Å²) >= 11 is 0. The maximum Gasteiger partial charge on any atom is 0.166 e. The third-order valence-corrected chi connectivity index (χ3v) is 12.1. The normalized spacial score (nSPS) is 12.0. The van der Waals surface area contributed by atoms with E-state index in [9.17, 15) is 0 Å². The zero-order valence-corrected chi connectivity index (χ0v) is 32.2. The molecule has 0 bridgehead atoms. The second-order valence-corrected chi connectivity index (χ2v) is 15.6. The number of hydrogen-bond donors (Lipinski definition) is 0. The predicted molar refractivity (Wildman–Crippen MR) is 248 cm³/mol. The average Bonchev–Trinajstić information content (AvgIpc) is 3.84. The Bertz CT molecular complexity index is 3900. The third kappa shape index (κ3) is 4.96. The predicted octanol–water partition coefficient (Wildman–Crippen LogP) is 14.5. The Morgan fingerprint density at radius 2 is 0.917 bits per heavy atom. The molecule has 0 N–H and O–H groups in total. The van der Waals surface area contributed by atoms with Gasteiger partial charge in [-0.05, 0) is 91.6 Å². The highest BCUT2D eigenvalue weighted by Crippen LogP contribution is 2.46. The minimum atomic E-state index is 0.579. The fourth-order valence-corrected chi connectivity index (χ4v) is 9.33. The summed E-state index contributed by atoms with van der Waals surface area (Å²) in [6.07, 6.45) is 0. The Hall–Kier alpha value is -8.15. The van der Waals surface area contributed by atoms with Crippen LogP contribution in [0.25, 0.3) is 127 Å². The lowest BCUT2D eigenvalue weighted by Crippen LogP contribution is -2.04. The van der Waals surface area contributed by atoms with Crippen LogP contribution in [0.2, 0.25) is 0 Å².